The van der Waals surface area contributed by atoms with Crippen LogP contribution in [0.5, 0.6) is 0 Å². The van der Waals surface area contributed by atoms with E-state index < -0.39 is 5.60 Å². The molecule has 1 amide bonds. The highest BCUT2D eigenvalue weighted by Crippen LogP contribution is 2.29. The number of amides is 1. The van der Waals surface area contributed by atoms with Gasteiger partial charge >= 0.3 is 0 Å². The second-order valence-electron chi connectivity index (χ2n) is 6.61. The van der Waals surface area contributed by atoms with Crippen molar-refractivity contribution in [2.75, 3.05) is 13.1 Å². The fourth-order valence-corrected chi connectivity index (χ4v) is 4.12. The van der Waals surface area contributed by atoms with Crippen molar-refractivity contribution in [2.45, 2.75) is 64.9 Å². The molecule has 1 N–H and O–H groups in total. The standard InChI is InChI=1S/C17H27NO2S/c1-4-18(12-17(2,3)20)16(19)15-11-13-9-7-5-6-8-10-14(13)21-15/h11,20H,4-10,12H2,1-3H3. The summed E-state index contributed by atoms with van der Waals surface area (Å²) in [5.74, 6) is 0.0661. The van der Waals surface area contributed by atoms with Crippen LogP contribution < -0.4 is 0 Å². The van der Waals surface area contributed by atoms with Gasteiger partial charge in [-0.1, -0.05) is 12.8 Å². The van der Waals surface area contributed by atoms with E-state index in [1.54, 1.807) is 30.1 Å². The minimum absolute atomic E-state index is 0.0661. The van der Waals surface area contributed by atoms with Crippen molar-refractivity contribution in [1.29, 1.82) is 0 Å². The number of likely N-dealkylation sites (N-methyl/N-ethyl adjacent to an activating group) is 1. The van der Waals surface area contributed by atoms with Gasteiger partial charge in [0.2, 0.25) is 0 Å². The predicted molar refractivity (Wildman–Crippen MR) is 88.1 cm³/mol. The van der Waals surface area contributed by atoms with E-state index in [1.807, 2.05) is 6.92 Å². The van der Waals surface area contributed by atoms with Gasteiger partial charge in [0, 0.05) is 18.0 Å². The van der Waals surface area contributed by atoms with Gasteiger partial charge < -0.3 is 10.0 Å². The number of nitrogens with zero attached hydrogens (tertiary/aromatic N) is 1. The number of rotatable bonds is 4. The summed E-state index contributed by atoms with van der Waals surface area (Å²) in [7, 11) is 0. The van der Waals surface area contributed by atoms with Gasteiger partial charge in [-0.15, -0.1) is 11.3 Å². The topological polar surface area (TPSA) is 40.5 Å². The van der Waals surface area contributed by atoms with Crippen LogP contribution in [0.4, 0.5) is 0 Å². The van der Waals surface area contributed by atoms with Gasteiger partial charge in [-0.3, -0.25) is 4.79 Å². The van der Waals surface area contributed by atoms with E-state index in [2.05, 4.69) is 6.07 Å². The Labute approximate surface area is 132 Å². The van der Waals surface area contributed by atoms with E-state index >= 15 is 0 Å². The van der Waals surface area contributed by atoms with Gasteiger partial charge in [-0.2, -0.15) is 0 Å². The molecule has 0 spiro atoms. The Balaban J connectivity index is 2.16. The number of carbonyl (C=O) groups excluding carboxylic acids is 1. The molecule has 0 fully saturated rings. The molecular weight excluding hydrogens is 282 g/mol. The van der Waals surface area contributed by atoms with Crippen LogP contribution in [-0.2, 0) is 12.8 Å². The highest BCUT2D eigenvalue weighted by Gasteiger charge is 2.24. The van der Waals surface area contributed by atoms with Crippen LogP contribution >= 0.6 is 11.3 Å². The van der Waals surface area contributed by atoms with Crippen molar-refractivity contribution >= 4 is 17.2 Å². The Morgan fingerprint density at radius 2 is 1.95 bits per heavy atom. The number of hydrogen-bond acceptors (Lipinski definition) is 3. The quantitative estimate of drug-likeness (QED) is 0.922. The van der Waals surface area contributed by atoms with E-state index in [0.29, 0.717) is 13.1 Å². The number of hydrogen-bond donors (Lipinski definition) is 1. The van der Waals surface area contributed by atoms with Crippen LogP contribution in [0.15, 0.2) is 6.07 Å². The highest BCUT2D eigenvalue weighted by atomic mass is 32.1. The summed E-state index contributed by atoms with van der Waals surface area (Å²) in [6, 6.07) is 2.10. The molecule has 1 aromatic rings. The Hall–Kier alpha value is -0.870. The second kappa shape index (κ2) is 6.93. The zero-order valence-electron chi connectivity index (χ0n) is 13.4. The predicted octanol–water partition coefficient (Wildman–Crippen LogP) is 3.64. The van der Waals surface area contributed by atoms with E-state index in [1.165, 1.54) is 36.1 Å². The lowest BCUT2D eigenvalue weighted by Crippen LogP contribution is -2.41. The fraction of sp³-hybridized carbons (Fsp3) is 0.706. The van der Waals surface area contributed by atoms with Crippen molar-refractivity contribution in [3.8, 4) is 0 Å². The summed E-state index contributed by atoms with van der Waals surface area (Å²) in [6.07, 6.45) is 7.31. The molecule has 0 radical (unpaired) electrons. The lowest BCUT2D eigenvalue weighted by atomic mass is 9.99. The maximum atomic E-state index is 12.7. The fourth-order valence-electron chi connectivity index (χ4n) is 2.90. The summed E-state index contributed by atoms with van der Waals surface area (Å²) in [5, 5.41) is 9.96. The van der Waals surface area contributed by atoms with Crippen LogP contribution in [-0.4, -0.2) is 34.6 Å². The largest absolute Gasteiger partial charge is 0.389 e. The van der Waals surface area contributed by atoms with Crippen LogP contribution in [0.1, 0.15) is 66.6 Å². The number of aliphatic hydroxyl groups is 1. The Morgan fingerprint density at radius 3 is 2.57 bits per heavy atom. The first kappa shape index (κ1) is 16.5. The first-order chi connectivity index (χ1) is 9.90. The molecule has 3 nitrogen and oxygen atoms in total. The highest BCUT2D eigenvalue weighted by molar-refractivity contribution is 7.14. The van der Waals surface area contributed by atoms with Gasteiger partial charge in [-0.05, 0) is 58.1 Å². The maximum Gasteiger partial charge on any atom is 0.264 e. The molecule has 118 valence electrons. The zero-order chi connectivity index (χ0) is 15.5. The van der Waals surface area contributed by atoms with Gasteiger partial charge in [0.25, 0.3) is 5.91 Å². The summed E-state index contributed by atoms with van der Waals surface area (Å²) in [6.45, 7) is 6.47. The smallest absolute Gasteiger partial charge is 0.264 e. The van der Waals surface area contributed by atoms with Crippen LogP contribution in [0, 0.1) is 0 Å². The first-order valence-electron chi connectivity index (χ1n) is 8.04. The summed E-state index contributed by atoms with van der Waals surface area (Å²) in [5.41, 5.74) is 0.527. The minimum atomic E-state index is -0.850. The molecule has 2 rings (SSSR count). The SMILES string of the molecule is CCN(CC(C)(C)O)C(=O)c1cc2c(s1)CCCCCC2. The molecule has 1 aliphatic carbocycles. The normalized spacial score (nSPS) is 16.0. The van der Waals surface area contributed by atoms with Crippen LogP contribution in [0.25, 0.3) is 0 Å². The molecule has 0 aliphatic heterocycles. The van der Waals surface area contributed by atoms with Gasteiger partial charge in [0.1, 0.15) is 0 Å². The molecule has 0 atom stereocenters. The van der Waals surface area contributed by atoms with E-state index in [9.17, 15) is 9.90 Å². The van der Waals surface area contributed by atoms with Crippen molar-refractivity contribution in [1.82, 2.24) is 4.90 Å². The van der Waals surface area contributed by atoms with Crippen molar-refractivity contribution in [3.63, 3.8) is 0 Å². The number of thiophene rings is 1. The van der Waals surface area contributed by atoms with Crippen molar-refractivity contribution in [2.24, 2.45) is 0 Å². The average Bonchev–Trinajstić information content (AvgIpc) is 2.76. The summed E-state index contributed by atoms with van der Waals surface area (Å²) in [4.78, 5) is 16.7. The van der Waals surface area contributed by atoms with Crippen LogP contribution in [0.3, 0.4) is 0 Å². The molecule has 0 saturated carbocycles. The van der Waals surface area contributed by atoms with Gasteiger partial charge in [0.15, 0.2) is 0 Å². The molecule has 1 aliphatic rings. The minimum Gasteiger partial charge on any atom is -0.389 e. The lowest BCUT2D eigenvalue weighted by Gasteiger charge is -2.27. The molecule has 21 heavy (non-hydrogen) atoms. The molecule has 0 unspecified atom stereocenters. The summed E-state index contributed by atoms with van der Waals surface area (Å²) < 4.78 is 0. The Morgan fingerprint density at radius 1 is 1.29 bits per heavy atom. The maximum absolute atomic E-state index is 12.7. The number of aryl methyl sites for hydroxylation is 2. The Bertz CT molecular complexity index is 462. The molecule has 4 heteroatoms. The molecular formula is C17H27NO2S. The van der Waals surface area contributed by atoms with E-state index in [-0.39, 0.29) is 5.91 Å². The van der Waals surface area contributed by atoms with E-state index in [4.69, 9.17) is 0 Å². The average molecular weight is 309 g/mol. The molecule has 1 heterocycles. The third-order valence-corrected chi connectivity index (χ3v) is 5.18. The monoisotopic (exact) mass is 309 g/mol. The summed E-state index contributed by atoms with van der Waals surface area (Å²) >= 11 is 1.66. The molecule has 1 aromatic heterocycles. The van der Waals surface area contributed by atoms with Crippen molar-refractivity contribution < 1.29 is 9.90 Å². The Kier molecular flexibility index (Phi) is 5.44. The van der Waals surface area contributed by atoms with E-state index in [0.717, 1.165) is 17.7 Å². The van der Waals surface area contributed by atoms with Gasteiger partial charge in [0.05, 0.1) is 10.5 Å². The number of fused-ring (bicyclic) bond motifs is 1. The first-order valence-corrected chi connectivity index (χ1v) is 8.85. The number of carbonyl (C=O) groups is 1. The zero-order valence-corrected chi connectivity index (χ0v) is 14.3. The third kappa shape index (κ3) is 4.55. The molecule has 0 aromatic carbocycles. The molecule has 0 saturated heterocycles. The lowest BCUT2D eigenvalue weighted by molar-refractivity contribution is 0.0317. The van der Waals surface area contributed by atoms with Crippen LogP contribution in [0.2, 0.25) is 0 Å². The molecule has 0 bridgehead atoms. The second-order valence-corrected chi connectivity index (χ2v) is 7.74. The van der Waals surface area contributed by atoms with Gasteiger partial charge in [-0.25, -0.2) is 0 Å². The van der Waals surface area contributed by atoms with Crippen molar-refractivity contribution in [3.05, 3.63) is 21.4 Å². The third-order valence-electron chi connectivity index (χ3n) is 3.95.